The third kappa shape index (κ3) is 8.57. The average Bonchev–Trinajstić information content (AvgIpc) is 3.10. The Morgan fingerprint density at radius 3 is 1.94 bits per heavy atom. The number of amides is 4. The molecule has 0 saturated carbocycles. The molecule has 11 heteroatoms. The predicted molar refractivity (Wildman–Crippen MR) is 112 cm³/mol. The summed E-state index contributed by atoms with van der Waals surface area (Å²) in [5.41, 5.74) is -0.772. The van der Waals surface area contributed by atoms with Crippen molar-refractivity contribution in [3.8, 4) is 0 Å². The van der Waals surface area contributed by atoms with Crippen LogP contribution in [0.3, 0.4) is 0 Å². The zero-order valence-electron chi connectivity index (χ0n) is 18.6. The lowest BCUT2D eigenvalue weighted by Crippen LogP contribution is -2.27. The van der Waals surface area contributed by atoms with Crippen LogP contribution in [0.15, 0.2) is 34.9 Å². The number of rotatable bonds is 2. The lowest BCUT2D eigenvalue weighted by atomic mass is 9.93. The summed E-state index contributed by atoms with van der Waals surface area (Å²) in [6, 6.07) is 5.53. The van der Waals surface area contributed by atoms with Gasteiger partial charge in [0.05, 0.1) is 5.56 Å². The maximum Gasteiger partial charge on any atom is 0.416 e. The number of anilines is 2. The van der Waals surface area contributed by atoms with Crippen molar-refractivity contribution in [2.45, 2.75) is 32.4 Å². The van der Waals surface area contributed by atoms with Gasteiger partial charge in [0, 0.05) is 45.4 Å². The molecule has 0 aliphatic carbocycles. The number of nitrogens with one attached hydrogen (secondary N) is 2. The second-order valence-electron chi connectivity index (χ2n) is 8.05. The quantitative estimate of drug-likeness (QED) is 0.693. The Kier molecular flexibility index (Phi) is 8.47. The highest BCUT2D eigenvalue weighted by Gasteiger charge is 2.30. The first-order valence-electron chi connectivity index (χ1n) is 9.22. The first-order chi connectivity index (χ1) is 14.1. The minimum absolute atomic E-state index is 0.103. The third-order valence-corrected chi connectivity index (χ3v) is 3.74. The monoisotopic (exact) mass is 443 g/mol. The first-order valence-corrected chi connectivity index (χ1v) is 9.22. The normalized spacial score (nSPS) is 11.2. The van der Waals surface area contributed by atoms with Crippen molar-refractivity contribution in [1.29, 1.82) is 0 Å². The number of nitrogens with zero attached hydrogens (tertiary/aromatic N) is 3. The molecule has 0 aliphatic rings. The van der Waals surface area contributed by atoms with Gasteiger partial charge in [-0.1, -0.05) is 32.0 Å². The minimum Gasteiger partial charge on any atom is -0.359 e. The molecule has 2 N–H and O–H groups in total. The third-order valence-electron chi connectivity index (χ3n) is 3.74. The highest BCUT2D eigenvalue weighted by molar-refractivity contribution is 5.89. The number of carbonyl (C=O) groups is 2. The molecular formula is C20H28F3N5O3. The Labute approximate surface area is 179 Å². The minimum atomic E-state index is -4.40. The van der Waals surface area contributed by atoms with E-state index in [9.17, 15) is 22.8 Å². The van der Waals surface area contributed by atoms with Crippen LogP contribution in [0.5, 0.6) is 0 Å². The van der Waals surface area contributed by atoms with Gasteiger partial charge in [0.15, 0.2) is 5.82 Å². The van der Waals surface area contributed by atoms with E-state index in [0.717, 1.165) is 17.9 Å². The van der Waals surface area contributed by atoms with Crippen molar-refractivity contribution in [1.82, 2.24) is 15.0 Å². The van der Waals surface area contributed by atoms with Crippen LogP contribution < -0.4 is 10.6 Å². The predicted octanol–water partition coefficient (Wildman–Crippen LogP) is 4.86. The summed E-state index contributed by atoms with van der Waals surface area (Å²) >= 11 is 0. The molecule has 31 heavy (non-hydrogen) atoms. The van der Waals surface area contributed by atoms with Gasteiger partial charge in [-0.2, -0.15) is 13.2 Å². The van der Waals surface area contributed by atoms with Crippen LogP contribution in [-0.2, 0) is 11.6 Å². The van der Waals surface area contributed by atoms with Gasteiger partial charge in [-0.25, -0.2) is 9.59 Å². The van der Waals surface area contributed by atoms with E-state index in [-0.39, 0.29) is 17.1 Å². The van der Waals surface area contributed by atoms with Crippen LogP contribution in [-0.4, -0.2) is 55.2 Å². The molecule has 0 bridgehead atoms. The van der Waals surface area contributed by atoms with E-state index < -0.39 is 17.8 Å². The molecule has 4 amide bonds. The second-order valence-corrected chi connectivity index (χ2v) is 8.05. The van der Waals surface area contributed by atoms with E-state index in [1.807, 2.05) is 20.8 Å². The molecule has 8 nitrogen and oxygen atoms in total. The van der Waals surface area contributed by atoms with Gasteiger partial charge in [0.25, 0.3) is 0 Å². The smallest absolute Gasteiger partial charge is 0.359 e. The Bertz CT molecular complexity index is 887. The Balaban J connectivity index is 0.000000311. The van der Waals surface area contributed by atoms with Crippen LogP contribution >= 0.6 is 0 Å². The summed E-state index contributed by atoms with van der Waals surface area (Å²) in [4.78, 5) is 25.2. The lowest BCUT2D eigenvalue weighted by molar-refractivity contribution is -0.137. The fraction of sp³-hybridized carbons (Fsp3) is 0.450. The highest BCUT2D eigenvalue weighted by atomic mass is 19.4. The molecule has 0 saturated heterocycles. The van der Waals surface area contributed by atoms with Gasteiger partial charge >= 0.3 is 18.2 Å². The summed E-state index contributed by atoms with van der Waals surface area (Å²) in [5.74, 6) is 1.19. The number of alkyl halides is 3. The molecule has 0 radical (unpaired) electrons. The van der Waals surface area contributed by atoms with Crippen molar-refractivity contribution in [2.75, 3.05) is 38.8 Å². The molecule has 1 aromatic carbocycles. The molecule has 0 fully saturated rings. The first kappa shape index (κ1) is 25.8. The number of aromatic nitrogens is 1. The topological polar surface area (TPSA) is 90.7 Å². The fourth-order valence-corrected chi connectivity index (χ4v) is 1.92. The zero-order chi connectivity index (χ0) is 24.0. The van der Waals surface area contributed by atoms with Crippen LogP contribution in [0, 0.1) is 0 Å². The van der Waals surface area contributed by atoms with Crippen LogP contribution in [0.4, 0.5) is 34.3 Å². The van der Waals surface area contributed by atoms with Gasteiger partial charge < -0.3 is 19.6 Å². The van der Waals surface area contributed by atoms with Gasteiger partial charge in [-0.3, -0.25) is 5.32 Å². The molecular weight excluding hydrogens is 415 g/mol. The Morgan fingerprint density at radius 1 is 0.935 bits per heavy atom. The van der Waals surface area contributed by atoms with Crippen molar-refractivity contribution < 1.29 is 27.3 Å². The Morgan fingerprint density at radius 2 is 1.48 bits per heavy atom. The summed E-state index contributed by atoms with van der Waals surface area (Å²) in [6.07, 6.45) is -4.40. The summed E-state index contributed by atoms with van der Waals surface area (Å²) in [7, 11) is 6.34. The van der Waals surface area contributed by atoms with Gasteiger partial charge in [-0.05, 0) is 18.2 Å². The SMILES string of the molecule is CN(C)C(=O)Nc1cc(C(C)(C)C)on1.CN(C)C(=O)Nc1cccc(C(F)(F)F)c1. The van der Waals surface area contributed by atoms with E-state index in [1.165, 1.54) is 36.0 Å². The van der Waals surface area contributed by atoms with Crippen molar-refractivity contribution in [3.63, 3.8) is 0 Å². The summed E-state index contributed by atoms with van der Waals surface area (Å²) in [6.45, 7) is 6.06. The maximum absolute atomic E-state index is 12.3. The van der Waals surface area contributed by atoms with E-state index in [1.54, 1.807) is 20.2 Å². The zero-order valence-corrected chi connectivity index (χ0v) is 18.6. The van der Waals surface area contributed by atoms with Gasteiger partial charge in [-0.15, -0.1) is 0 Å². The van der Waals surface area contributed by atoms with Crippen molar-refractivity contribution in [3.05, 3.63) is 41.7 Å². The second kappa shape index (κ2) is 10.2. The average molecular weight is 443 g/mol. The Hall–Kier alpha value is -3.24. The van der Waals surface area contributed by atoms with Crippen molar-refractivity contribution in [2.24, 2.45) is 0 Å². The number of urea groups is 2. The molecule has 1 aromatic heterocycles. The largest absolute Gasteiger partial charge is 0.416 e. The van der Waals surface area contributed by atoms with E-state index in [4.69, 9.17) is 4.52 Å². The van der Waals surface area contributed by atoms with Crippen LogP contribution in [0.25, 0.3) is 0 Å². The number of hydrogen-bond donors (Lipinski definition) is 2. The highest BCUT2D eigenvalue weighted by Crippen LogP contribution is 2.30. The van der Waals surface area contributed by atoms with Crippen LogP contribution in [0.2, 0.25) is 0 Å². The van der Waals surface area contributed by atoms with Crippen molar-refractivity contribution >= 4 is 23.6 Å². The molecule has 172 valence electrons. The number of halogens is 3. The van der Waals surface area contributed by atoms with Gasteiger partial charge in [0.1, 0.15) is 5.76 Å². The molecule has 0 atom stereocenters. The summed E-state index contributed by atoms with van der Waals surface area (Å²) in [5, 5.41) is 8.73. The van der Waals surface area contributed by atoms with E-state index in [0.29, 0.717) is 5.82 Å². The number of benzene rings is 1. The molecule has 2 aromatic rings. The maximum atomic E-state index is 12.3. The fourth-order valence-electron chi connectivity index (χ4n) is 1.92. The lowest BCUT2D eigenvalue weighted by Gasteiger charge is -2.13. The standard InChI is InChI=1S/C10H11F3N2O.C10H17N3O2/c1-15(2)9(16)14-8-5-3-4-7(6-8)10(11,12)13;1-10(2,3)7-6-8(12-15-7)11-9(14)13(4)5/h3-6H,1-2H3,(H,14,16);6H,1-5H3,(H,11,12,14). The van der Waals surface area contributed by atoms with Crippen LogP contribution in [0.1, 0.15) is 32.1 Å². The van der Waals surface area contributed by atoms with E-state index in [2.05, 4.69) is 15.8 Å². The number of hydrogen-bond acceptors (Lipinski definition) is 4. The van der Waals surface area contributed by atoms with Gasteiger partial charge in [0.2, 0.25) is 0 Å². The number of carbonyl (C=O) groups excluding carboxylic acids is 2. The molecule has 0 aliphatic heterocycles. The molecule has 1 heterocycles. The van der Waals surface area contributed by atoms with E-state index >= 15 is 0 Å². The molecule has 2 rings (SSSR count). The molecule has 0 unspecified atom stereocenters. The summed E-state index contributed by atoms with van der Waals surface area (Å²) < 4.78 is 42.1. The molecule has 0 spiro atoms.